The van der Waals surface area contributed by atoms with Crippen molar-refractivity contribution in [2.45, 2.75) is 39.0 Å². The Balaban J connectivity index is 0.000000224. The van der Waals surface area contributed by atoms with Crippen molar-refractivity contribution in [1.29, 1.82) is 0 Å². The van der Waals surface area contributed by atoms with Crippen molar-refractivity contribution in [3.63, 3.8) is 0 Å². The van der Waals surface area contributed by atoms with Gasteiger partial charge in [0.25, 0.3) is 0 Å². The Hall–Kier alpha value is -2.97. The van der Waals surface area contributed by atoms with Crippen molar-refractivity contribution in [2.24, 2.45) is 11.7 Å². The Morgan fingerprint density at radius 3 is 2.42 bits per heavy atom. The predicted octanol–water partition coefficient (Wildman–Crippen LogP) is 2.71. The second-order valence-corrected chi connectivity index (χ2v) is 7.74. The summed E-state index contributed by atoms with van der Waals surface area (Å²) in [6, 6.07) is 11.3. The fraction of sp³-hybridized carbons (Fsp3) is 0.435. The lowest BCUT2D eigenvalue weighted by molar-refractivity contribution is -0.131. The highest BCUT2D eigenvalue weighted by Crippen LogP contribution is 2.23. The van der Waals surface area contributed by atoms with Crippen LogP contribution in [-0.4, -0.2) is 52.6 Å². The number of amides is 2. The molecule has 8 nitrogen and oxygen atoms in total. The molecule has 0 spiro atoms. The number of rotatable bonds is 6. The van der Waals surface area contributed by atoms with Gasteiger partial charge < -0.3 is 15.7 Å². The number of likely N-dealkylation sites (tertiary alicyclic amines) is 1. The van der Waals surface area contributed by atoms with E-state index in [1.54, 1.807) is 10.4 Å². The Morgan fingerprint density at radius 2 is 1.81 bits per heavy atom. The Labute approximate surface area is 182 Å². The molecule has 1 heterocycles. The fourth-order valence-corrected chi connectivity index (χ4v) is 3.87. The van der Waals surface area contributed by atoms with E-state index in [1.807, 2.05) is 43.3 Å². The van der Waals surface area contributed by atoms with Crippen molar-refractivity contribution in [3.8, 4) is 0 Å². The van der Waals surface area contributed by atoms with E-state index in [0.29, 0.717) is 17.9 Å². The molecule has 1 aliphatic rings. The zero-order valence-electron chi connectivity index (χ0n) is 17.8. The minimum absolute atomic E-state index is 0.0168. The maximum Gasteiger partial charge on any atom is 0.336 e. The average molecular weight is 430 g/mol. The van der Waals surface area contributed by atoms with E-state index >= 15 is 0 Å². The second-order valence-electron chi connectivity index (χ2n) is 7.74. The summed E-state index contributed by atoms with van der Waals surface area (Å²) >= 11 is 0. The summed E-state index contributed by atoms with van der Waals surface area (Å²) in [5.41, 5.74) is 8.14. The number of fused-ring (bicyclic) bond motifs is 1. The van der Waals surface area contributed by atoms with E-state index in [0.717, 1.165) is 55.1 Å². The van der Waals surface area contributed by atoms with Gasteiger partial charge >= 0.3 is 5.97 Å². The van der Waals surface area contributed by atoms with Gasteiger partial charge in [-0.25, -0.2) is 10.3 Å². The summed E-state index contributed by atoms with van der Waals surface area (Å²) in [7, 11) is 0. The molecule has 2 amide bonds. The van der Waals surface area contributed by atoms with Crippen molar-refractivity contribution in [3.05, 3.63) is 47.5 Å². The molecule has 1 fully saturated rings. The van der Waals surface area contributed by atoms with Crippen LogP contribution in [0.25, 0.3) is 10.8 Å². The molecule has 0 atom stereocenters. The van der Waals surface area contributed by atoms with Crippen molar-refractivity contribution >= 4 is 28.6 Å². The number of carbonyl (C=O) groups excluding carboxylic acids is 2. The molecule has 1 aliphatic heterocycles. The third-order valence-electron chi connectivity index (χ3n) is 5.63. The molecule has 3 rings (SSSR count). The van der Waals surface area contributed by atoms with Gasteiger partial charge in [-0.15, -0.1) is 0 Å². The van der Waals surface area contributed by atoms with E-state index in [4.69, 9.17) is 16.0 Å². The highest BCUT2D eigenvalue weighted by atomic mass is 16.5. The molecule has 1 saturated heterocycles. The third kappa shape index (κ3) is 7.04. The van der Waals surface area contributed by atoms with Gasteiger partial charge in [-0.05, 0) is 54.9 Å². The lowest BCUT2D eigenvalue weighted by atomic mass is 9.91. The summed E-state index contributed by atoms with van der Waals surface area (Å²) in [6.45, 7) is 3.44. The van der Waals surface area contributed by atoms with Crippen LogP contribution in [0.15, 0.2) is 36.4 Å². The SMILES string of the molecule is Cc1ccc2ccccc2c1C(=O)O.NCC(=O)N1CCC(CCCC(=O)NO)CC1. The van der Waals surface area contributed by atoms with Crippen LogP contribution < -0.4 is 11.2 Å². The summed E-state index contributed by atoms with van der Waals surface area (Å²) in [5, 5.41) is 19.2. The zero-order valence-corrected chi connectivity index (χ0v) is 17.8. The molecule has 0 bridgehead atoms. The number of benzene rings is 2. The second kappa shape index (κ2) is 12.0. The Morgan fingerprint density at radius 1 is 1.13 bits per heavy atom. The van der Waals surface area contributed by atoms with E-state index in [9.17, 15) is 14.4 Å². The van der Waals surface area contributed by atoms with E-state index < -0.39 is 5.97 Å². The first-order valence-electron chi connectivity index (χ1n) is 10.5. The molecule has 0 aliphatic carbocycles. The minimum atomic E-state index is -0.862. The van der Waals surface area contributed by atoms with E-state index in [2.05, 4.69) is 0 Å². The predicted molar refractivity (Wildman–Crippen MR) is 118 cm³/mol. The number of nitrogens with two attached hydrogens (primary N) is 1. The van der Waals surface area contributed by atoms with Gasteiger partial charge in [0.1, 0.15) is 0 Å². The van der Waals surface area contributed by atoms with Crippen LogP contribution in [0.4, 0.5) is 0 Å². The number of piperidine rings is 1. The maximum atomic E-state index is 11.3. The van der Waals surface area contributed by atoms with Crippen LogP contribution in [0.5, 0.6) is 0 Å². The van der Waals surface area contributed by atoms with Crippen LogP contribution in [0.3, 0.4) is 0 Å². The number of hydroxylamine groups is 1. The summed E-state index contributed by atoms with van der Waals surface area (Å²) in [6.07, 6.45) is 4.07. The number of nitrogens with one attached hydrogen (secondary N) is 1. The van der Waals surface area contributed by atoms with Crippen molar-refractivity contribution in [2.75, 3.05) is 19.6 Å². The molecule has 2 aromatic carbocycles. The van der Waals surface area contributed by atoms with Crippen LogP contribution >= 0.6 is 0 Å². The fourth-order valence-electron chi connectivity index (χ4n) is 3.87. The lowest BCUT2D eigenvalue weighted by Gasteiger charge is -2.31. The summed E-state index contributed by atoms with van der Waals surface area (Å²) in [5.74, 6) is -0.605. The normalized spacial score (nSPS) is 14.0. The largest absolute Gasteiger partial charge is 0.478 e. The van der Waals surface area contributed by atoms with Gasteiger partial charge in [-0.1, -0.05) is 36.4 Å². The maximum absolute atomic E-state index is 11.3. The van der Waals surface area contributed by atoms with Gasteiger partial charge in [-0.3, -0.25) is 14.8 Å². The van der Waals surface area contributed by atoms with Crippen LogP contribution in [0.1, 0.15) is 48.0 Å². The number of hydrogen-bond acceptors (Lipinski definition) is 5. The molecule has 0 radical (unpaired) electrons. The highest BCUT2D eigenvalue weighted by Gasteiger charge is 2.21. The van der Waals surface area contributed by atoms with Gasteiger partial charge in [0, 0.05) is 19.5 Å². The van der Waals surface area contributed by atoms with Crippen LogP contribution in [0, 0.1) is 12.8 Å². The number of carboxylic acids is 1. The van der Waals surface area contributed by atoms with Gasteiger partial charge in [0.2, 0.25) is 11.8 Å². The van der Waals surface area contributed by atoms with Gasteiger partial charge in [0.15, 0.2) is 0 Å². The molecule has 5 N–H and O–H groups in total. The first-order valence-corrected chi connectivity index (χ1v) is 10.5. The van der Waals surface area contributed by atoms with Crippen molar-refractivity contribution in [1.82, 2.24) is 10.4 Å². The molecule has 31 heavy (non-hydrogen) atoms. The van der Waals surface area contributed by atoms with E-state index in [1.165, 1.54) is 0 Å². The molecular formula is C23H31N3O5. The Kier molecular flexibility index (Phi) is 9.42. The van der Waals surface area contributed by atoms with Crippen molar-refractivity contribution < 1.29 is 24.7 Å². The quantitative estimate of drug-likeness (QED) is 0.412. The summed E-state index contributed by atoms with van der Waals surface area (Å²) < 4.78 is 0. The highest BCUT2D eigenvalue weighted by molar-refractivity contribution is 6.04. The lowest BCUT2D eigenvalue weighted by Crippen LogP contribution is -2.41. The van der Waals surface area contributed by atoms with Gasteiger partial charge in [-0.2, -0.15) is 0 Å². The zero-order chi connectivity index (χ0) is 22.8. The molecule has 168 valence electrons. The topological polar surface area (TPSA) is 133 Å². The van der Waals surface area contributed by atoms with E-state index in [-0.39, 0.29) is 18.4 Å². The smallest absolute Gasteiger partial charge is 0.336 e. The molecule has 0 saturated carbocycles. The minimum Gasteiger partial charge on any atom is -0.478 e. The number of aromatic carboxylic acids is 1. The third-order valence-corrected chi connectivity index (χ3v) is 5.63. The molecule has 2 aromatic rings. The van der Waals surface area contributed by atoms with Crippen LogP contribution in [-0.2, 0) is 9.59 Å². The number of hydrogen-bond donors (Lipinski definition) is 4. The van der Waals surface area contributed by atoms with Gasteiger partial charge in [0.05, 0.1) is 12.1 Å². The first kappa shape index (κ1) is 24.3. The number of aryl methyl sites for hydroxylation is 1. The summed E-state index contributed by atoms with van der Waals surface area (Å²) in [4.78, 5) is 35.0. The molecule has 0 aromatic heterocycles. The Bertz CT molecular complexity index is 904. The average Bonchev–Trinajstić information content (AvgIpc) is 2.78. The number of nitrogens with zero attached hydrogens (tertiary/aromatic N) is 1. The number of carboxylic acid groups (broad SMARTS) is 1. The molecule has 8 heteroatoms. The first-order chi connectivity index (χ1) is 14.9. The standard InChI is InChI=1S/C12H10O2.C11H21N3O3/c1-8-6-7-9-4-2-3-5-10(9)11(8)12(13)14;12-8-11(16)14-6-4-9(5-7-14)2-1-3-10(15)13-17/h2-7H,1H3,(H,13,14);9,17H,1-8,12H2,(H,13,15). The number of carbonyl (C=O) groups is 3. The molecular weight excluding hydrogens is 398 g/mol. The molecule has 0 unspecified atom stereocenters. The van der Waals surface area contributed by atoms with Crippen LogP contribution in [0.2, 0.25) is 0 Å². The monoisotopic (exact) mass is 429 g/mol.